The molecule has 0 aliphatic carbocycles. The van der Waals surface area contributed by atoms with Gasteiger partial charge in [-0.1, -0.05) is 47.6 Å². The van der Waals surface area contributed by atoms with E-state index in [9.17, 15) is 9.18 Å². The SMILES string of the molecule is O=C(NCc1ccc(F)cc1)c1cccc(CSc2nc(Cl)cc(N3CCOCC3)n2)c1. The first-order valence-electron chi connectivity index (χ1n) is 10.2. The van der Waals surface area contributed by atoms with Crippen LogP contribution >= 0.6 is 23.4 Å². The molecule has 0 radical (unpaired) electrons. The number of amides is 1. The van der Waals surface area contributed by atoms with E-state index in [4.69, 9.17) is 16.3 Å². The van der Waals surface area contributed by atoms with Crippen molar-refractivity contribution in [3.05, 3.63) is 82.3 Å². The number of nitrogens with zero attached hydrogens (tertiary/aromatic N) is 3. The maximum absolute atomic E-state index is 13.0. The summed E-state index contributed by atoms with van der Waals surface area (Å²) >= 11 is 7.68. The predicted octanol–water partition coefficient (Wildman–Crippen LogP) is 4.33. The molecule has 1 saturated heterocycles. The predicted molar refractivity (Wildman–Crippen MR) is 124 cm³/mol. The first-order valence-corrected chi connectivity index (χ1v) is 11.5. The second kappa shape index (κ2) is 10.8. The van der Waals surface area contributed by atoms with Crippen LogP contribution in [0, 0.1) is 5.82 Å². The number of thioether (sulfide) groups is 1. The number of anilines is 1. The van der Waals surface area contributed by atoms with Crippen molar-refractivity contribution in [3.8, 4) is 0 Å². The van der Waals surface area contributed by atoms with Crippen LogP contribution < -0.4 is 10.2 Å². The third kappa shape index (κ3) is 6.18. The number of hydrogen-bond acceptors (Lipinski definition) is 6. The highest BCUT2D eigenvalue weighted by atomic mass is 35.5. The van der Waals surface area contributed by atoms with Crippen molar-refractivity contribution in [2.75, 3.05) is 31.2 Å². The Hall–Kier alpha value is -2.68. The zero-order valence-electron chi connectivity index (χ0n) is 17.3. The molecule has 0 bridgehead atoms. The van der Waals surface area contributed by atoms with Gasteiger partial charge in [0.2, 0.25) is 0 Å². The normalized spacial score (nSPS) is 13.8. The number of rotatable bonds is 7. The molecule has 0 unspecified atom stereocenters. The molecule has 1 fully saturated rings. The summed E-state index contributed by atoms with van der Waals surface area (Å²) in [7, 11) is 0. The maximum atomic E-state index is 13.0. The summed E-state index contributed by atoms with van der Waals surface area (Å²) in [6.07, 6.45) is 0. The number of hydrogen-bond donors (Lipinski definition) is 1. The number of carbonyl (C=O) groups excluding carboxylic acids is 1. The van der Waals surface area contributed by atoms with Crippen LogP contribution in [-0.4, -0.2) is 42.2 Å². The Morgan fingerprint density at radius 3 is 2.66 bits per heavy atom. The number of aromatic nitrogens is 2. The van der Waals surface area contributed by atoms with Gasteiger partial charge >= 0.3 is 0 Å². The topological polar surface area (TPSA) is 67.4 Å². The van der Waals surface area contributed by atoms with Gasteiger partial charge in [-0.3, -0.25) is 4.79 Å². The quantitative estimate of drug-likeness (QED) is 0.313. The van der Waals surface area contributed by atoms with Crippen molar-refractivity contribution in [2.24, 2.45) is 0 Å². The Morgan fingerprint density at radius 2 is 1.88 bits per heavy atom. The summed E-state index contributed by atoms with van der Waals surface area (Å²) in [6, 6.07) is 15.2. The molecule has 1 aliphatic rings. The van der Waals surface area contributed by atoms with Gasteiger partial charge in [-0.2, -0.15) is 0 Å². The van der Waals surface area contributed by atoms with Crippen LogP contribution in [0.5, 0.6) is 0 Å². The molecule has 1 N–H and O–H groups in total. The lowest BCUT2D eigenvalue weighted by Crippen LogP contribution is -2.36. The van der Waals surface area contributed by atoms with Crippen molar-refractivity contribution < 1.29 is 13.9 Å². The molecule has 0 saturated carbocycles. The number of ether oxygens (including phenoxy) is 1. The van der Waals surface area contributed by atoms with E-state index in [2.05, 4.69) is 20.2 Å². The van der Waals surface area contributed by atoms with Gasteiger partial charge in [0.15, 0.2) is 5.16 Å². The summed E-state index contributed by atoms with van der Waals surface area (Å²) in [5.74, 6) is 0.910. The molecular formula is C23H22ClFN4O2S. The minimum Gasteiger partial charge on any atom is -0.378 e. The lowest BCUT2D eigenvalue weighted by molar-refractivity contribution is 0.0951. The Labute approximate surface area is 195 Å². The summed E-state index contributed by atoms with van der Waals surface area (Å²) in [5.41, 5.74) is 2.37. The van der Waals surface area contributed by atoms with Gasteiger partial charge in [0.05, 0.1) is 13.2 Å². The average molecular weight is 473 g/mol. The summed E-state index contributed by atoms with van der Waals surface area (Å²) in [5, 5.41) is 3.85. The summed E-state index contributed by atoms with van der Waals surface area (Å²) in [6.45, 7) is 3.21. The molecule has 9 heteroatoms. The largest absolute Gasteiger partial charge is 0.378 e. The molecule has 2 aromatic carbocycles. The fraction of sp³-hybridized carbons (Fsp3) is 0.261. The number of carbonyl (C=O) groups is 1. The molecule has 1 amide bonds. The van der Waals surface area contributed by atoms with Crippen molar-refractivity contribution in [1.29, 1.82) is 0 Å². The fourth-order valence-corrected chi connectivity index (χ4v) is 4.27. The molecule has 3 aromatic rings. The van der Waals surface area contributed by atoms with E-state index in [1.165, 1.54) is 23.9 Å². The van der Waals surface area contributed by atoms with Crippen LogP contribution in [0.2, 0.25) is 5.15 Å². The van der Waals surface area contributed by atoms with Gasteiger partial charge < -0.3 is 15.0 Å². The Morgan fingerprint density at radius 1 is 1.09 bits per heavy atom. The van der Waals surface area contributed by atoms with Crippen LogP contribution in [0.15, 0.2) is 59.8 Å². The highest BCUT2D eigenvalue weighted by Crippen LogP contribution is 2.25. The number of benzene rings is 2. The van der Waals surface area contributed by atoms with Crippen LogP contribution in [0.1, 0.15) is 21.5 Å². The first-order chi connectivity index (χ1) is 15.6. The second-order valence-corrected chi connectivity index (χ2v) is 8.56. The van der Waals surface area contributed by atoms with Crippen molar-refractivity contribution in [1.82, 2.24) is 15.3 Å². The average Bonchev–Trinajstić information content (AvgIpc) is 2.82. The fourth-order valence-electron chi connectivity index (χ4n) is 3.24. The molecular weight excluding hydrogens is 451 g/mol. The molecule has 0 spiro atoms. The van der Waals surface area contributed by atoms with Gasteiger partial charge in [0.1, 0.15) is 16.8 Å². The number of halogens is 2. The van der Waals surface area contributed by atoms with Gasteiger partial charge in [-0.05, 0) is 35.4 Å². The third-order valence-corrected chi connectivity index (χ3v) is 6.03. The standard InChI is InChI=1S/C23H22ClFN4O2S/c24-20-13-21(29-8-10-31-11-9-29)28-23(27-20)32-15-17-2-1-3-18(12-17)22(30)26-14-16-4-6-19(25)7-5-16/h1-7,12-13H,8-11,14-15H2,(H,26,30). The molecule has 32 heavy (non-hydrogen) atoms. The Bertz CT molecular complexity index is 1080. The van der Waals surface area contributed by atoms with E-state index >= 15 is 0 Å². The minimum atomic E-state index is -0.300. The highest BCUT2D eigenvalue weighted by molar-refractivity contribution is 7.98. The smallest absolute Gasteiger partial charge is 0.251 e. The molecule has 166 valence electrons. The second-order valence-electron chi connectivity index (χ2n) is 7.23. The molecule has 1 aliphatic heterocycles. The molecule has 2 heterocycles. The van der Waals surface area contributed by atoms with E-state index in [-0.39, 0.29) is 11.7 Å². The zero-order valence-corrected chi connectivity index (χ0v) is 18.8. The van der Waals surface area contributed by atoms with E-state index in [0.29, 0.717) is 41.4 Å². The lowest BCUT2D eigenvalue weighted by atomic mass is 10.1. The Balaban J connectivity index is 1.37. The van der Waals surface area contributed by atoms with E-state index in [0.717, 1.165) is 30.0 Å². The van der Waals surface area contributed by atoms with Crippen LogP contribution in [0.25, 0.3) is 0 Å². The van der Waals surface area contributed by atoms with Crippen molar-refractivity contribution >= 4 is 35.1 Å². The van der Waals surface area contributed by atoms with Crippen molar-refractivity contribution in [2.45, 2.75) is 17.5 Å². The zero-order chi connectivity index (χ0) is 22.3. The van der Waals surface area contributed by atoms with Crippen LogP contribution in [0.4, 0.5) is 10.2 Å². The van der Waals surface area contributed by atoms with Gasteiger partial charge in [-0.25, -0.2) is 14.4 Å². The monoisotopic (exact) mass is 472 g/mol. The third-order valence-electron chi connectivity index (χ3n) is 4.92. The summed E-state index contributed by atoms with van der Waals surface area (Å²) in [4.78, 5) is 23.6. The highest BCUT2D eigenvalue weighted by Gasteiger charge is 2.15. The number of nitrogens with one attached hydrogen (secondary N) is 1. The van der Waals surface area contributed by atoms with Gasteiger partial charge in [0.25, 0.3) is 5.91 Å². The molecule has 4 rings (SSSR count). The number of morpholine rings is 1. The first kappa shape index (κ1) is 22.5. The Kier molecular flexibility index (Phi) is 7.57. The minimum absolute atomic E-state index is 0.185. The summed E-state index contributed by atoms with van der Waals surface area (Å²) < 4.78 is 18.4. The molecule has 0 atom stereocenters. The maximum Gasteiger partial charge on any atom is 0.251 e. The van der Waals surface area contributed by atoms with Gasteiger partial charge in [-0.15, -0.1) is 0 Å². The van der Waals surface area contributed by atoms with E-state index in [1.54, 1.807) is 24.3 Å². The van der Waals surface area contributed by atoms with Gasteiger partial charge in [0, 0.05) is 37.0 Å². The van der Waals surface area contributed by atoms with E-state index < -0.39 is 0 Å². The van der Waals surface area contributed by atoms with Crippen LogP contribution in [0.3, 0.4) is 0 Å². The molecule has 1 aromatic heterocycles. The lowest BCUT2D eigenvalue weighted by Gasteiger charge is -2.27. The van der Waals surface area contributed by atoms with Crippen LogP contribution in [-0.2, 0) is 17.0 Å². The van der Waals surface area contributed by atoms with Crippen molar-refractivity contribution in [3.63, 3.8) is 0 Å². The van der Waals surface area contributed by atoms with E-state index in [1.807, 2.05) is 18.2 Å². The molecule has 6 nitrogen and oxygen atoms in total.